The van der Waals surface area contributed by atoms with Gasteiger partial charge in [0.25, 0.3) is 5.91 Å². The SMILES string of the molecule is CCCn1cc(Br)cc1C(=O)NC(C)CCC(C)C. The van der Waals surface area contributed by atoms with Crippen LogP contribution in [0.3, 0.4) is 0 Å². The van der Waals surface area contributed by atoms with Crippen molar-refractivity contribution in [3.05, 3.63) is 22.4 Å². The monoisotopic (exact) mass is 328 g/mol. The molecule has 1 rings (SSSR count). The fourth-order valence-corrected chi connectivity index (χ4v) is 2.51. The van der Waals surface area contributed by atoms with Gasteiger partial charge in [-0.15, -0.1) is 0 Å². The molecular weight excluding hydrogens is 304 g/mol. The van der Waals surface area contributed by atoms with Gasteiger partial charge in [-0.1, -0.05) is 20.8 Å². The molecule has 0 bridgehead atoms. The van der Waals surface area contributed by atoms with Gasteiger partial charge in [-0.25, -0.2) is 0 Å². The number of nitrogens with zero attached hydrogens (tertiary/aromatic N) is 1. The Morgan fingerprint density at radius 1 is 1.37 bits per heavy atom. The van der Waals surface area contributed by atoms with Crippen LogP contribution in [-0.4, -0.2) is 16.5 Å². The molecule has 1 aromatic rings. The van der Waals surface area contributed by atoms with E-state index in [1.807, 2.05) is 16.8 Å². The highest BCUT2D eigenvalue weighted by atomic mass is 79.9. The Morgan fingerprint density at radius 2 is 2.05 bits per heavy atom. The standard InChI is InChI=1S/C15H25BrN2O/c1-5-8-18-10-13(16)9-14(18)15(19)17-12(4)7-6-11(2)3/h9-12H,5-8H2,1-4H3,(H,17,19). The average molecular weight is 329 g/mol. The molecule has 1 N–H and O–H groups in total. The molecule has 19 heavy (non-hydrogen) atoms. The number of aryl methyl sites for hydroxylation is 1. The van der Waals surface area contributed by atoms with Crippen molar-refractivity contribution < 1.29 is 4.79 Å². The number of hydrogen-bond donors (Lipinski definition) is 1. The lowest BCUT2D eigenvalue weighted by Crippen LogP contribution is -2.34. The molecule has 1 atom stereocenters. The van der Waals surface area contributed by atoms with Gasteiger partial charge in [0.1, 0.15) is 5.69 Å². The zero-order chi connectivity index (χ0) is 14.4. The van der Waals surface area contributed by atoms with Crippen molar-refractivity contribution in [2.45, 2.75) is 59.5 Å². The molecule has 1 aromatic heterocycles. The summed E-state index contributed by atoms with van der Waals surface area (Å²) in [5.74, 6) is 0.702. The van der Waals surface area contributed by atoms with E-state index in [4.69, 9.17) is 0 Å². The van der Waals surface area contributed by atoms with Crippen molar-refractivity contribution in [3.8, 4) is 0 Å². The fourth-order valence-electron chi connectivity index (χ4n) is 2.04. The van der Waals surface area contributed by atoms with Crippen LogP contribution in [0.15, 0.2) is 16.7 Å². The zero-order valence-corrected chi connectivity index (χ0v) is 14.0. The number of rotatable bonds is 7. The predicted octanol–water partition coefficient (Wildman–Crippen LogP) is 4.22. The summed E-state index contributed by atoms with van der Waals surface area (Å²) in [6, 6.07) is 2.11. The quantitative estimate of drug-likeness (QED) is 0.799. The second kappa shape index (κ2) is 7.73. The maximum absolute atomic E-state index is 12.3. The van der Waals surface area contributed by atoms with Crippen LogP contribution in [-0.2, 0) is 6.54 Å². The van der Waals surface area contributed by atoms with E-state index in [1.165, 1.54) is 0 Å². The van der Waals surface area contributed by atoms with Crippen molar-refractivity contribution in [3.63, 3.8) is 0 Å². The van der Waals surface area contributed by atoms with Crippen molar-refractivity contribution in [2.75, 3.05) is 0 Å². The molecule has 0 aliphatic rings. The van der Waals surface area contributed by atoms with Gasteiger partial charge in [0.15, 0.2) is 0 Å². The number of carbonyl (C=O) groups excluding carboxylic acids is 1. The molecule has 0 saturated carbocycles. The van der Waals surface area contributed by atoms with Crippen LogP contribution in [0.4, 0.5) is 0 Å². The molecule has 1 amide bonds. The molecule has 1 unspecified atom stereocenters. The second-order valence-electron chi connectivity index (χ2n) is 5.58. The highest BCUT2D eigenvalue weighted by Crippen LogP contribution is 2.16. The largest absolute Gasteiger partial charge is 0.348 e. The van der Waals surface area contributed by atoms with E-state index >= 15 is 0 Å². The highest BCUT2D eigenvalue weighted by molar-refractivity contribution is 9.10. The van der Waals surface area contributed by atoms with E-state index in [9.17, 15) is 4.79 Å². The van der Waals surface area contributed by atoms with E-state index in [2.05, 4.69) is 48.9 Å². The van der Waals surface area contributed by atoms with Gasteiger partial charge in [-0.05, 0) is 54.1 Å². The van der Waals surface area contributed by atoms with Gasteiger partial charge in [-0.3, -0.25) is 4.79 Å². The Labute approximate surface area is 124 Å². The van der Waals surface area contributed by atoms with E-state index in [0.29, 0.717) is 5.92 Å². The highest BCUT2D eigenvalue weighted by Gasteiger charge is 2.15. The van der Waals surface area contributed by atoms with E-state index < -0.39 is 0 Å². The normalized spacial score (nSPS) is 12.7. The van der Waals surface area contributed by atoms with Gasteiger partial charge >= 0.3 is 0 Å². The Hall–Kier alpha value is -0.770. The first-order valence-corrected chi connectivity index (χ1v) is 7.89. The Balaban J connectivity index is 2.62. The smallest absolute Gasteiger partial charge is 0.268 e. The molecule has 108 valence electrons. The summed E-state index contributed by atoms with van der Waals surface area (Å²) in [6.07, 6.45) is 5.15. The summed E-state index contributed by atoms with van der Waals surface area (Å²) in [7, 11) is 0. The minimum absolute atomic E-state index is 0.0235. The molecule has 0 spiro atoms. The number of halogens is 1. The van der Waals surface area contributed by atoms with Crippen LogP contribution in [0.25, 0.3) is 0 Å². The minimum atomic E-state index is 0.0235. The first-order valence-electron chi connectivity index (χ1n) is 7.10. The van der Waals surface area contributed by atoms with Crippen molar-refractivity contribution in [1.82, 2.24) is 9.88 Å². The van der Waals surface area contributed by atoms with Crippen LogP contribution in [0, 0.1) is 5.92 Å². The van der Waals surface area contributed by atoms with Gasteiger partial charge in [0.05, 0.1) is 0 Å². The van der Waals surface area contributed by atoms with Crippen LogP contribution < -0.4 is 5.32 Å². The Bertz CT molecular complexity index is 412. The molecule has 0 aliphatic carbocycles. The maximum Gasteiger partial charge on any atom is 0.268 e. The third-order valence-corrected chi connectivity index (χ3v) is 3.55. The Morgan fingerprint density at radius 3 is 2.63 bits per heavy atom. The number of nitrogens with one attached hydrogen (secondary N) is 1. The second-order valence-corrected chi connectivity index (χ2v) is 6.50. The summed E-state index contributed by atoms with van der Waals surface area (Å²) in [4.78, 5) is 12.3. The number of carbonyl (C=O) groups is 1. The Kier molecular flexibility index (Phi) is 6.63. The summed E-state index contributed by atoms with van der Waals surface area (Å²) < 4.78 is 2.97. The van der Waals surface area contributed by atoms with Crippen molar-refractivity contribution in [2.24, 2.45) is 5.92 Å². The molecule has 4 heteroatoms. The number of aromatic nitrogens is 1. The van der Waals surface area contributed by atoms with Crippen LogP contribution >= 0.6 is 15.9 Å². The molecule has 3 nitrogen and oxygen atoms in total. The lowest BCUT2D eigenvalue weighted by Gasteiger charge is -2.16. The minimum Gasteiger partial charge on any atom is -0.348 e. The molecule has 0 aliphatic heterocycles. The summed E-state index contributed by atoms with van der Waals surface area (Å²) >= 11 is 3.44. The number of hydrogen-bond acceptors (Lipinski definition) is 1. The first-order chi connectivity index (χ1) is 8.93. The lowest BCUT2D eigenvalue weighted by molar-refractivity contribution is 0.0927. The third kappa shape index (κ3) is 5.39. The van der Waals surface area contributed by atoms with E-state index in [1.54, 1.807) is 0 Å². The molecular formula is C15H25BrN2O. The first kappa shape index (κ1) is 16.3. The molecule has 1 heterocycles. The molecule has 0 saturated heterocycles. The van der Waals surface area contributed by atoms with Crippen LogP contribution in [0.2, 0.25) is 0 Å². The molecule has 0 fully saturated rings. The van der Waals surface area contributed by atoms with Crippen LogP contribution in [0.1, 0.15) is 57.4 Å². The van der Waals surface area contributed by atoms with Gasteiger partial charge in [0.2, 0.25) is 0 Å². The van der Waals surface area contributed by atoms with Gasteiger partial charge in [-0.2, -0.15) is 0 Å². The predicted molar refractivity (Wildman–Crippen MR) is 83.4 cm³/mol. The van der Waals surface area contributed by atoms with E-state index in [-0.39, 0.29) is 11.9 Å². The topological polar surface area (TPSA) is 34.0 Å². The fraction of sp³-hybridized carbons (Fsp3) is 0.667. The molecule has 0 aromatic carbocycles. The lowest BCUT2D eigenvalue weighted by atomic mass is 10.0. The summed E-state index contributed by atoms with van der Waals surface area (Å²) in [5.41, 5.74) is 0.741. The summed E-state index contributed by atoms with van der Waals surface area (Å²) in [5, 5.41) is 3.08. The zero-order valence-electron chi connectivity index (χ0n) is 12.4. The van der Waals surface area contributed by atoms with Crippen molar-refractivity contribution >= 4 is 21.8 Å². The van der Waals surface area contributed by atoms with Crippen molar-refractivity contribution in [1.29, 1.82) is 0 Å². The summed E-state index contributed by atoms with van der Waals surface area (Å²) in [6.45, 7) is 9.47. The number of amides is 1. The van der Waals surface area contributed by atoms with Gasteiger partial charge in [0, 0.05) is 23.3 Å². The molecule has 0 radical (unpaired) electrons. The maximum atomic E-state index is 12.3. The average Bonchev–Trinajstić information content (AvgIpc) is 2.68. The van der Waals surface area contributed by atoms with Crippen LogP contribution in [0.5, 0.6) is 0 Å². The van der Waals surface area contributed by atoms with Gasteiger partial charge < -0.3 is 9.88 Å². The van der Waals surface area contributed by atoms with E-state index in [0.717, 1.165) is 36.0 Å². The third-order valence-electron chi connectivity index (χ3n) is 3.11.